The fourth-order valence-corrected chi connectivity index (χ4v) is 7.70. The lowest BCUT2D eigenvalue weighted by molar-refractivity contribution is -0.174. The van der Waals surface area contributed by atoms with E-state index >= 15 is 0 Å². The van der Waals surface area contributed by atoms with Crippen LogP contribution in [-0.2, 0) is 29.0 Å². The van der Waals surface area contributed by atoms with E-state index in [1.54, 1.807) is 0 Å². The van der Waals surface area contributed by atoms with Crippen LogP contribution in [0.3, 0.4) is 0 Å². The van der Waals surface area contributed by atoms with Gasteiger partial charge >= 0.3 is 5.97 Å². The normalized spacial score (nSPS) is 24.5. The summed E-state index contributed by atoms with van der Waals surface area (Å²) in [7, 11) is 0. The van der Waals surface area contributed by atoms with Crippen molar-refractivity contribution in [2.75, 3.05) is 50.0 Å². The zero-order valence-corrected chi connectivity index (χ0v) is 25.8. The van der Waals surface area contributed by atoms with Crippen LogP contribution < -0.4 is 15.4 Å². The predicted molar refractivity (Wildman–Crippen MR) is 170 cm³/mol. The molecule has 1 aliphatic heterocycles. The Balaban J connectivity index is 0.957. The number of hydrogen-bond acceptors (Lipinski definition) is 8. The van der Waals surface area contributed by atoms with Gasteiger partial charge in [-0.25, -0.2) is 4.98 Å². The highest BCUT2D eigenvalue weighted by atomic mass is 35.5. The largest absolute Gasteiger partial charge is 0.489 e. The number of hydrogen-bond donors (Lipinski definition) is 2. The maximum Gasteiger partial charge on any atom is 0.309 e. The summed E-state index contributed by atoms with van der Waals surface area (Å²) in [5.74, 6) is 1.48. The summed E-state index contributed by atoms with van der Waals surface area (Å²) in [6.45, 7) is 5.68. The van der Waals surface area contributed by atoms with Crippen molar-refractivity contribution in [3.05, 3.63) is 64.2 Å². The molecule has 0 unspecified atom stereocenters. The molecule has 4 aliphatic carbocycles. The number of carboxylic acid groups (broad SMARTS) is 1. The van der Waals surface area contributed by atoms with Gasteiger partial charge in [-0.05, 0) is 92.8 Å². The fraction of sp³-hybridized carbons (Fsp3) is 0.500. The van der Waals surface area contributed by atoms with Gasteiger partial charge in [0.05, 0.1) is 23.3 Å². The van der Waals surface area contributed by atoms with Gasteiger partial charge < -0.3 is 25.2 Å². The number of nitrogens with two attached hydrogens (primary N) is 1. The number of carboxylic acids is 1. The van der Waals surface area contributed by atoms with E-state index in [2.05, 4.69) is 21.9 Å². The summed E-state index contributed by atoms with van der Waals surface area (Å²) >= 11 is 6.01. The Morgan fingerprint density at radius 3 is 2.39 bits per heavy atom. The van der Waals surface area contributed by atoms with Crippen molar-refractivity contribution < 1.29 is 19.4 Å². The molecule has 0 amide bonds. The molecule has 232 valence electrons. The van der Waals surface area contributed by atoms with Crippen LogP contribution in [0.25, 0.3) is 11.3 Å². The molecular weight excluding hydrogens is 578 g/mol. The topological polar surface area (TPSA) is 114 Å². The van der Waals surface area contributed by atoms with Crippen LogP contribution in [0.15, 0.2) is 42.5 Å². The minimum Gasteiger partial charge on any atom is -0.489 e. The molecule has 10 heteroatoms. The van der Waals surface area contributed by atoms with Crippen molar-refractivity contribution in [2.24, 2.45) is 5.41 Å². The highest BCUT2D eigenvalue weighted by molar-refractivity contribution is 6.30. The van der Waals surface area contributed by atoms with E-state index < -0.39 is 11.4 Å². The Morgan fingerprint density at radius 1 is 0.955 bits per heavy atom. The molecule has 44 heavy (non-hydrogen) atoms. The number of carbonyl (C=O) groups is 1. The molecule has 2 bridgehead atoms. The maximum absolute atomic E-state index is 11.7. The van der Waals surface area contributed by atoms with Crippen LogP contribution in [0.1, 0.15) is 55.2 Å². The first-order valence-electron chi connectivity index (χ1n) is 15.8. The monoisotopic (exact) mass is 617 g/mol. The molecular formula is C34H40ClN5O4. The van der Waals surface area contributed by atoms with Crippen molar-refractivity contribution >= 4 is 29.3 Å². The zero-order chi connectivity index (χ0) is 30.3. The van der Waals surface area contributed by atoms with Gasteiger partial charge in [-0.1, -0.05) is 23.7 Å². The molecule has 0 radical (unpaired) electrons. The molecule has 5 aliphatic rings. The third kappa shape index (κ3) is 5.73. The first-order valence-corrected chi connectivity index (χ1v) is 16.2. The van der Waals surface area contributed by atoms with E-state index in [0.717, 1.165) is 112 Å². The third-order valence-corrected chi connectivity index (χ3v) is 10.7. The fourth-order valence-electron chi connectivity index (χ4n) is 7.57. The number of fused-ring (bicyclic) bond motifs is 6. The molecule has 3 saturated carbocycles. The summed E-state index contributed by atoms with van der Waals surface area (Å²) in [4.78, 5) is 26.0. The van der Waals surface area contributed by atoms with Crippen LogP contribution >= 0.6 is 11.6 Å². The first-order chi connectivity index (χ1) is 21.3. The first kappa shape index (κ1) is 29.3. The summed E-state index contributed by atoms with van der Waals surface area (Å²) in [5.41, 5.74) is 11.1. The molecule has 0 spiro atoms. The Hall–Kier alpha value is -3.40. The number of aryl methyl sites for hydroxylation is 1. The minimum absolute atomic E-state index is 0.115. The van der Waals surface area contributed by atoms with Gasteiger partial charge in [0.2, 0.25) is 5.95 Å². The Morgan fingerprint density at radius 2 is 1.68 bits per heavy atom. The number of benzene rings is 2. The molecule has 2 heterocycles. The number of piperazine rings is 1. The second-order valence-corrected chi connectivity index (χ2v) is 13.3. The van der Waals surface area contributed by atoms with Crippen molar-refractivity contribution in [3.8, 4) is 17.0 Å². The number of halogens is 1. The van der Waals surface area contributed by atoms with E-state index in [-0.39, 0.29) is 5.60 Å². The number of nitrogens with zero attached hydrogens (tertiary/aromatic N) is 4. The summed E-state index contributed by atoms with van der Waals surface area (Å²) in [5, 5.41) is 10.4. The van der Waals surface area contributed by atoms with E-state index in [1.165, 1.54) is 11.1 Å². The van der Waals surface area contributed by atoms with Gasteiger partial charge in [0.15, 0.2) is 0 Å². The molecule has 3 aromatic rings. The zero-order valence-electron chi connectivity index (χ0n) is 25.1. The van der Waals surface area contributed by atoms with Crippen LogP contribution in [0, 0.1) is 5.41 Å². The molecule has 2 aromatic carbocycles. The summed E-state index contributed by atoms with van der Waals surface area (Å²) < 4.78 is 12.6. The Bertz CT molecular complexity index is 1510. The second-order valence-electron chi connectivity index (χ2n) is 12.9. The molecule has 8 rings (SSSR count). The van der Waals surface area contributed by atoms with E-state index in [9.17, 15) is 9.90 Å². The van der Waals surface area contributed by atoms with Gasteiger partial charge in [-0.15, -0.1) is 0 Å². The average Bonchev–Trinajstić information content (AvgIpc) is 3.05. The molecule has 3 N–H and O–H groups in total. The van der Waals surface area contributed by atoms with Gasteiger partial charge in [-0.2, -0.15) is 4.98 Å². The van der Waals surface area contributed by atoms with Crippen molar-refractivity contribution in [1.82, 2.24) is 14.9 Å². The molecule has 4 fully saturated rings. The van der Waals surface area contributed by atoms with Crippen molar-refractivity contribution in [1.29, 1.82) is 0 Å². The smallest absolute Gasteiger partial charge is 0.309 e. The van der Waals surface area contributed by atoms with E-state index in [1.807, 2.05) is 30.3 Å². The highest BCUT2D eigenvalue weighted by Crippen LogP contribution is 2.54. The lowest BCUT2D eigenvalue weighted by Gasteiger charge is -2.51. The maximum atomic E-state index is 11.7. The Labute approximate surface area is 263 Å². The van der Waals surface area contributed by atoms with Gasteiger partial charge in [-0.3, -0.25) is 9.69 Å². The number of ether oxygens (including phenoxy) is 2. The lowest BCUT2D eigenvalue weighted by Crippen LogP contribution is -2.52. The van der Waals surface area contributed by atoms with Crippen LogP contribution in [0.4, 0.5) is 11.8 Å². The molecule has 1 aromatic heterocycles. The number of anilines is 2. The van der Waals surface area contributed by atoms with Gasteiger partial charge in [0.25, 0.3) is 0 Å². The van der Waals surface area contributed by atoms with Crippen LogP contribution in [-0.4, -0.2) is 70.9 Å². The standard InChI is InChI=1S/C34H40ClN5O4/c35-25-4-1-23(2-5-25)22-43-26-6-8-27-24(21-26)3-7-28-29(27)37-32(36)38-30(28)40-17-15-39(16-18-40)19-20-44-34-12-9-33(10-13-34,11-14-34)31(41)42/h1-2,4-6,8,21H,3,7,9-20,22H2,(H,41,42)(H2,36,37,38). The lowest BCUT2D eigenvalue weighted by atomic mass is 9.58. The number of aliphatic carboxylic acids is 1. The quantitative estimate of drug-likeness (QED) is 0.327. The third-order valence-electron chi connectivity index (χ3n) is 10.4. The number of rotatable bonds is 9. The average molecular weight is 618 g/mol. The van der Waals surface area contributed by atoms with Crippen LogP contribution in [0.2, 0.25) is 5.02 Å². The molecule has 0 atom stereocenters. The Kier molecular flexibility index (Phi) is 7.89. The minimum atomic E-state index is -0.621. The summed E-state index contributed by atoms with van der Waals surface area (Å²) in [6, 6.07) is 13.9. The number of aromatic nitrogens is 2. The molecule has 1 saturated heterocycles. The van der Waals surface area contributed by atoms with Crippen LogP contribution in [0.5, 0.6) is 5.75 Å². The van der Waals surface area contributed by atoms with Crippen molar-refractivity contribution in [2.45, 2.75) is 63.6 Å². The van der Waals surface area contributed by atoms with E-state index in [4.69, 9.17) is 36.8 Å². The molecule has 9 nitrogen and oxygen atoms in total. The van der Waals surface area contributed by atoms with Crippen molar-refractivity contribution in [3.63, 3.8) is 0 Å². The van der Waals surface area contributed by atoms with E-state index in [0.29, 0.717) is 24.2 Å². The van der Waals surface area contributed by atoms with Gasteiger partial charge in [0.1, 0.15) is 18.2 Å². The van der Waals surface area contributed by atoms with Gasteiger partial charge in [0, 0.05) is 48.9 Å². The second kappa shape index (κ2) is 11.8. The predicted octanol–water partition coefficient (Wildman–Crippen LogP) is 5.37. The highest BCUT2D eigenvalue weighted by Gasteiger charge is 2.53. The number of nitrogen functional groups attached to an aromatic ring is 1. The summed E-state index contributed by atoms with van der Waals surface area (Å²) in [6.07, 6.45) is 6.60. The SMILES string of the molecule is Nc1nc2c(c(N3CCN(CCOC45CCC(C(=O)O)(CC4)CC5)CC3)n1)CCc1cc(OCc3ccc(Cl)cc3)ccc1-2.